The van der Waals surface area contributed by atoms with E-state index >= 15 is 0 Å². The lowest BCUT2D eigenvalue weighted by Crippen LogP contribution is -2.00. The fourth-order valence-corrected chi connectivity index (χ4v) is 6.71. The van der Waals surface area contributed by atoms with Crippen LogP contribution in [0.25, 0.3) is 89.4 Å². The van der Waals surface area contributed by atoms with E-state index in [0.717, 1.165) is 71.9 Å². The smallest absolute Gasteiger partial charge is 0.164 e. The normalized spacial score (nSPS) is 11.2. The Morgan fingerprint density at radius 3 is 1.34 bits per heavy atom. The average Bonchev–Trinajstić information content (AvgIpc) is 3.21. The maximum atomic E-state index is 5.31. The molecule has 50 heavy (non-hydrogen) atoms. The lowest BCUT2D eigenvalue weighted by molar-refractivity contribution is 1.07. The third-order valence-electron chi connectivity index (χ3n) is 9.10. The first kappa shape index (κ1) is 29.4. The number of fused-ring (bicyclic) bond motifs is 3. The molecule has 0 saturated carbocycles. The van der Waals surface area contributed by atoms with Crippen LogP contribution in [0, 0.1) is 0 Å². The third kappa shape index (κ3) is 5.49. The summed E-state index contributed by atoms with van der Waals surface area (Å²) in [4.78, 5) is 20.2. The van der Waals surface area contributed by atoms with Crippen molar-refractivity contribution in [1.82, 2.24) is 19.9 Å². The van der Waals surface area contributed by atoms with Crippen LogP contribution in [-0.2, 0) is 0 Å². The van der Waals surface area contributed by atoms with Gasteiger partial charge in [-0.2, -0.15) is 0 Å². The summed E-state index contributed by atoms with van der Waals surface area (Å²) >= 11 is 0. The quantitative estimate of drug-likeness (QED) is 0.170. The molecule has 0 fully saturated rings. The molecule has 0 unspecified atom stereocenters. The fraction of sp³-hybridized carbons (Fsp3) is 0. The van der Waals surface area contributed by atoms with E-state index in [9.17, 15) is 0 Å². The van der Waals surface area contributed by atoms with Gasteiger partial charge in [0.1, 0.15) is 0 Å². The van der Waals surface area contributed by atoms with Crippen LogP contribution in [0.4, 0.5) is 0 Å². The van der Waals surface area contributed by atoms with Crippen molar-refractivity contribution < 1.29 is 0 Å². The highest BCUT2D eigenvalue weighted by molar-refractivity contribution is 6.18. The van der Waals surface area contributed by atoms with E-state index in [-0.39, 0.29) is 0 Å². The van der Waals surface area contributed by atoms with Crippen molar-refractivity contribution in [2.75, 3.05) is 0 Å². The van der Waals surface area contributed by atoms with Gasteiger partial charge in [0, 0.05) is 27.6 Å². The molecule has 2 aromatic heterocycles. The zero-order chi connectivity index (χ0) is 33.3. The Morgan fingerprint density at radius 2 is 0.740 bits per heavy atom. The molecule has 2 heterocycles. The van der Waals surface area contributed by atoms with Crippen molar-refractivity contribution in [3.05, 3.63) is 182 Å². The largest absolute Gasteiger partial charge is 0.248 e. The molecule has 4 heteroatoms. The summed E-state index contributed by atoms with van der Waals surface area (Å²) in [5.74, 6) is 1.91. The van der Waals surface area contributed by atoms with Gasteiger partial charge in [-0.15, -0.1) is 0 Å². The standard InChI is InChI=1S/C46H30N4/c1-5-16-31(17-6-1)40-30-41(32-18-7-2-8-19-32)47-42-29-39(37-26-13-14-27-38(37)43(40)42)35-24-15-25-36(28-35)46-49-44(33-20-9-3-10-21-33)48-45(50-46)34-22-11-4-12-23-34/h1-30H. The molecule has 0 aliphatic heterocycles. The van der Waals surface area contributed by atoms with Crippen LogP contribution in [0.15, 0.2) is 182 Å². The van der Waals surface area contributed by atoms with Gasteiger partial charge in [0.25, 0.3) is 0 Å². The number of hydrogen-bond donors (Lipinski definition) is 0. The summed E-state index contributed by atoms with van der Waals surface area (Å²) in [5, 5.41) is 3.47. The Labute approximate surface area is 290 Å². The Balaban J connectivity index is 1.26. The van der Waals surface area contributed by atoms with Crippen LogP contribution in [0.3, 0.4) is 0 Å². The first-order valence-corrected chi connectivity index (χ1v) is 16.7. The molecular formula is C46H30N4. The van der Waals surface area contributed by atoms with Crippen molar-refractivity contribution in [1.29, 1.82) is 0 Å². The van der Waals surface area contributed by atoms with Crippen LogP contribution < -0.4 is 0 Å². The topological polar surface area (TPSA) is 51.6 Å². The Kier molecular flexibility index (Phi) is 7.45. The summed E-state index contributed by atoms with van der Waals surface area (Å²) < 4.78 is 0. The second-order valence-corrected chi connectivity index (χ2v) is 12.3. The van der Waals surface area contributed by atoms with Gasteiger partial charge >= 0.3 is 0 Å². The summed E-state index contributed by atoms with van der Waals surface area (Å²) in [7, 11) is 0. The van der Waals surface area contributed by atoms with E-state index in [2.05, 4.69) is 115 Å². The second kappa shape index (κ2) is 12.7. The molecule has 4 nitrogen and oxygen atoms in total. The zero-order valence-corrected chi connectivity index (χ0v) is 27.1. The predicted octanol–water partition coefficient (Wildman–Crippen LogP) is 11.6. The van der Waals surface area contributed by atoms with Crippen LogP contribution >= 0.6 is 0 Å². The van der Waals surface area contributed by atoms with Gasteiger partial charge in [-0.3, -0.25) is 0 Å². The van der Waals surface area contributed by atoms with Crippen molar-refractivity contribution in [2.45, 2.75) is 0 Å². The first-order valence-electron chi connectivity index (χ1n) is 16.7. The molecule has 0 atom stereocenters. The van der Waals surface area contributed by atoms with E-state index in [1.54, 1.807) is 0 Å². The molecule has 0 amide bonds. The van der Waals surface area contributed by atoms with Crippen LogP contribution in [0.2, 0.25) is 0 Å². The minimum Gasteiger partial charge on any atom is -0.248 e. The minimum atomic E-state index is 0.625. The fourth-order valence-electron chi connectivity index (χ4n) is 6.71. The van der Waals surface area contributed by atoms with E-state index < -0.39 is 0 Å². The molecule has 0 aliphatic rings. The molecular weight excluding hydrogens is 609 g/mol. The molecule has 0 aliphatic carbocycles. The molecule has 0 radical (unpaired) electrons. The number of pyridine rings is 1. The van der Waals surface area contributed by atoms with Gasteiger partial charge in [0.2, 0.25) is 0 Å². The maximum absolute atomic E-state index is 5.31. The third-order valence-corrected chi connectivity index (χ3v) is 9.10. The number of rotatable bonds is 6. The highest BCUT2D eigenvalue weighted by Gasteiger charge is 2.17. The molecule has 0 bridgehead atoms. The molecule has 0 saturated heterocycles. The maximum Gasteiger partial charge on any atom is 0.164 e. The molecule has 234 valence electrons. The van der Waals surface area contributed by atoms with E-state index in [0.29, 0.717) is 17.5 Å². The van der Waals surface area contributed by atoms with Gasteiger partial charge in [-0.25, -0.2) is 19.9 Å². The van der Waals surface area contributed by atoms with E-state index in [1.807, 2.05) is 66.7 Å². The second-order valence-electron chi connectivity index (χ2n) is 12.3. The summed E-state index contributed by atoms with van der Waals surface area (Å²) in [6.45, 7) is 0. The SMILES string of the molecule is c1ccc(-c2cc(-c3ccccc3)c3c(cc(-c4cccc(-c5nc(-c6ccccc6)nc(-c6ccccc6)n5)c4)c4ccccc43)n2)cc1. The van der Waals surface area contributed by atoms with Crippen molar-refractivity contribution >= 4 is 21.7 Å². The highest BCUT2D eigenvalue weighted by Crippen LogP contribution is 2.41. The van der Waals surface area contributed by atoms with Gasteiger partial charge in [-0.05, 0) is 51.2 Å². The van der Waals surface area contributed by atoms with Gasteiger partial charge < -0.3 is 0 Å². The molecule has 9 rings (SSSR count). The predicted molar refractivity (Wildman–Crippen MR) is 205 cm³/mol. The van der Waals surface area contributed by atoms with Crippen LogP contribution in [0.5, 0.6) is 0 Å². The number of benzene rings is 7. The van der Waals surface area contributed by atoms with Gasteiger partial charge in [0.05, 0.1) is 11.2 Å². The Bertz CT molecular complexity index is 2560. The summed E-state index contributed by atoms with van der Waals surface area (Å²) in [6, 6.07) is 62.8. The van der Waals surface area contributed by atoms with Crippen molar-refractivity contribution in [2.24, 2.45) is 0 Å². The van der Waals surface area contributed by atoms with Crippen LogP contribution in [-0.4, -0.2) is 19.9 Å². The summed E-state index contributed by atoms with van der Waals surface area (Å²) in [6.07, 6.45) is 0. The van der Waals surface area contributed by atoms with Crippen molar-refractivity contribution in [3.8, 4) is 67.7 Å². The molecule has 7 aromatic carbocycles. The van der Waals surface area contributed by atoms with Gasteiger partial charge in [-0.1, -0.05) is 164 Å². The number of hydrogen-bond acceptors (Lipinski definition) is 4. The van der Waals surface area contributed by atoms with E-state index in [1.165, 1.54) is 0 Å². The Hall–Kier alpha value is -6.78. The van der Waals surface area contributed by atoms with Crippen LogP contribution in [0.1, 0.15) is 0 Å². The van der Waals surface area contributed by atoms with E-state index in [4.69, 9.17) is 19.9 Å². The first-order chi connectivity index (χ1) is 24.8. The lowest BCUT2D eigenvalue weighted by atomic mass is 9.90. The molecule has 9 aromatic rings. The molecule has 0 N–H and O–H groups in total. The zero-order valence-electron chi connectivity index (χ0n) is 27.1. The Morgan fingerprint density at radius 1 is 0.280 bits per heavy atom. The summed E-state index contributed by atoms with van der Waals surface area (Å²) in [5.41, 5.74) is 10.3. The number of aromatic nitrogens is 4. The van der Waals surface area contributed by atoms with Crippen molar-refractivity contribution in [3.63, 3.8) is 0 Å². The monoisotopic (exact) mass is 638 g/mol. The lowest BCUT2D eigenvalue weighted by Gasteiger charge is -2.16. The average molecular weight is 639 g/mol. The highest BCUT2D eigenvalue weighted by atomic mass is 15.0. The minimum absolute atomic E-state index is 0.625. The number of nitrogens with zero attached hydrogens (tertiary/aromatic N) is 4. The van der Waals surface area contributed by atoms with Gasteiger partial charge in [0.15, 0.2) is 17.5 Å². The molecule has 0 spiro atoms.